The van der Waals surface area contributed by atoms with Gasteiger partial charge in [0.1, 0.15) is 5.82 Å². The lowest BCUT2D eigenvalue weighted by Crippen LogP contribution is -2.03. The van der Waals surface area contributed by atoms with Crippen molar-refractivity contribution in [3.05, 3.63) is 71.0 Å². The minimum absolute atomic E-state index is 0.192. The van der Waals surface area contributed by atoms with Crippen molar-refractivity contribution in [3.63, 3.8) is 0 Å². The number of carbonyl (C=O) groups excluding carboxylic acids is 1. The molecule has 1 aliphatic rings. The minimum Gasteiger partial charge on any atom is -0.294 e. The maximum absolute atomic E-state index is 13.0. The van der Waals surface area contributed by atoms with E-state index in [9.17, 15) is 14.4 Å². The first-order valence-electron chi connectivity index (χ1n) is 6.98. The molecule has 0 aliphatic heterocycles. The van der Waals surface area contributed by atoms with Crippen LogP contribution in [0, 0.1) is 23.1 Å². The van der Waals surface area contributed by atoms with Crippen LogP contribution in [0.15, 0.2) is 48.5 Å². The molecule has 1 unspecified atom stereocenters. The Hall–Kier alpha value is -2.47. The summed E-state index contributed by atoms with van der Waals surface area (Å²) in [6, 6.07) is 15.4. The maximum Gasteiger partial charge on any atom is 0.165 e. The van der Waals surface area contributed by atoms with Gasteiger partial charge in [-0.3, -0.25) is 4.79 Å². The molecule has 0 radical (unpaired) electrons. The SMILES string of the molecule is N#CC(c1ccc(F)cc1)c1ccc(C(=O)C2CC2)cc1. The van der Waals surface area contributed by atoms with Gasteiger partial charge in [-0.15, -0.1) is 0 Å². The standard InChI is InChI=1S/C18H14FNO/c19-16-9-7-13(8-10-16)17(11-20)12-1-3-14(4-2-12)18(21)15-5-6-15/h1-4,7-10,15,17H,5-6H2. The fraction of sp³-hybridized carbons (Fsp3) is 0.222. The maximum atomic E-state index is 13.0. The van der Waals surface area contributed by atoms with E-state index in [0.717, 1.165) is 24.0 Å². The third-order valence-electron chi connectivity index (χ3n) is 3.81. The molecule has 2 aromatic rings. The number of benzene rings is 2. The molecule has 21 heavy (non-hydrogen) atoms. The minimum atomic E-state index is -0.448. The lowest BCUT2D eigenvalue weighted by Gasteiger charge is -2.10. The van der Waals surface area contributed by atoms with Crippen LogP contribution < -0.4 is 0 Å². The molecule has 1 atom stereocenters. The van der Waals surface area contributed by atoms with E-state index in [1.807, 2.05) is 12.1 Å². The molecule has 0 N–H and O–H groups in total. The normalized spacial score (nSPS) is 15.2. The molecule has 3 heteroatoms. The van der Waals surface area contributed by atoms with Crippen molar-refractivity contribution in [2.45, 2.75) is 18.8 Å². The van der Waals surface area contributed by atoms with Crippen molar-refractivity contribution < 1.29 is 9.18 Å². The lowest BCUT2D eigenvalue weighted by atomic mass is 9.91. The van der Waals surface area contributed by atoms with Gasteiger partial charge in [0, 0.05) is 11.5 Å². The van der Waals surface area contributed by atoms with Gasteiger partial charge < -0.3 is 0 Å². The van der Waals surface area contributed by atoms with E-state index in [4.69, 9.17) is 0 Å². The van der Waals surface area contributed by atoms with Crippen LogP contribution in [0.4, 0.5) is 4.39 Å². The third kappa shape index (κ3) is 2.85. The highest BCUT2D eigenvalue weighted by Gasteiger charge is 2.30. The Kier molecular flexibility index (Phi) is 3.53. The summed E-state index contributed by atoms with van der Waals surface area (Å²) in [5.74, 6) is -0.381. The van der Waals surface area contributed by atoms with E-state index < -0.39 is 5.92 Å². The first kappa shape index (κ1) is 13.5. The summed E-state index contributed by atoms with van der Waals surface area (Å²) in [5.41, 5.74) is 2.27. The largest absolute Gasteiger partial charge is 0.294 e. The Balaban J connectivity index is 1.85. The zero-order chi connectivity index (χ0) is 14.8. The Morgan fingerprint density at radius 3 is 2.05 bits per heavy atom. The molecule has 1 saturated carbocycles. The van der Waals surface area contributed by atoms with Crippen LogP contribution >= 0.6 is 0 Å². The number of halogens is 1. The van der Waals surface area contributed by atoms with Crippen LogP contribution in [0.1, 0.15) is 40.2 Å². The molecule has 2 aromatic carbocycles. The first-order chi connectivity index (χ1) is 10.2. The highest BCUT2D eigenvalue weighted by Crippen LogP contribution is 2.33. The third-order valence-corrected chi connectivity index (χ3v) is 3.81. The van der Waals surface area contributed by atoms with E-state index >= 15 is 0 Å². The Labute approximate surface area is 122 Å². The Morgan fingerprint density at radius 2 is 1.57 bits per heavy atom. The van der Waals surface area contributed by atoms with E-state index in [2.05, 4.69) is 6.07 Å². The van der Waals surface area contributed by atoms with Crippen molar-refractivity contribution in [1.82, 2.24) is 0 Å². The van der Waals surface area contributed by atoms with Crippen LogP contribution in [0.5, 0.6) is 0 Å². The number of nitrogens with zero attached hydrogens (tertiary/aromatic N) is 1. The number of rotatable bonds is 4. The average Bonchev–Trinajstić information content (AvgIpc) is 3.35. The van der Waals surface area contributed by atoms with Gasteiger partial charge in [-0.25, -0.2) is 4.39 Å². The second-order valence-electron chi connectivity index (χ2n) is 5.37. The molecule has 0 bridgehead atoms. The molecule has 0 heterocycles. The predicted molar refractivity (Wildman–Crippen MR) is 77.4 cm³/mol. The van der Waals surface area contributed by atoms with Crippen molar-refractivity contribution in [2.24, 2.45) is 5.92 Å². The van der Waals surface area contributed by atoms with Crippen LogP contribution in [0.2, 0.25) is 0 Å². The second kappa shape index (κ2) is 5.49. The van der Waals surface area contributed by atoms with Gasteiger partial charge in [-0.1, -0.05) is 36.4 Å². The quantitative estimate of drug-likeness (QED) is 0.791. The number of hydrogen-bond donors (Lipinski definition) is 0. The molecule has 0 amide bonds. The van der Waals surface area contributed by atoms with Crippen LogP contribution in [0.3, 0.4) is 0 Å². The lowest BCUT2D eigenvalue weighted by molar-refractivity contribution is 0.0967. The second-order valence-corrected chi connectivity index (χ2v) is 5.37. The van der Waals surface area contributed by atoms with Gasteiger partial charge in [0.2, 0.25) is 0 Å². The first-order valence-corrected chi connectivity index (χ1v) is 6.98. The number of nitriles is 1. The Bertz CT molecular complexity index is 693. The van der Waals surface area contributed by atoms with Crippen LogP contribution in [0.25, 0.3) is 0 Å². The molecule has 3 rings (SSSR count). The van der Waals surface area contributed by atoms with Gasteiger partial charge >= 0.3 is 0 Å². The summed E-state index contributed by atoms with van der Waals surface area (Å²) in [6.45, 7) is 0. The van der Waals surface area contributed by atoms with Crippen molar-refractivity contribution in [2.75, 3.05) is 0 Å². The van der Waals surface area contributed by atoms with Gasteiger partial charge in [-0.2, -0.15) is 5.26 Å². The number of hydrogen-bond acceptors (Lipinski definition) is 2. The number of Topliss-reactive ketones (excluding diaryl/α,β-unsaturated/α-hetero) is 1. The fourth-order valence-corrected chi connectivity index (χ4v) is 2.42. The molecule has 1 aliphatic carbocycles. The highest BCUT2D eigenvalue weighted by atomic mass is 19.1. The van der Waals surface area contributed by atoms with Crippen molar-refractivity contribution >= 4 is 5.78 Å². The topological polar surface area (TPSA) is 40.9 Å². The van der Waals surface area contributed by atoms with Gasteiger partial charge in [0.05, 0.1) is 12.0 Å². The van der Waals surface area contributed by atoms with E-state index in [1.165, 1.54) is 12.1 Å². The monoisotopic (exact) mass is 279 g/mol. The summed E-state index contributed by atoms with van der Waals surface area (Å²) < 4.78 is 13.0. The predicted octanol–water partition coefficient (Wildman–Crippen LogP) is 4.07. The molecule has 2 nitrogen and oxygen atoms in total. The summed E-state index contributed by atoms with van der Waals surface area (Å²) >= 11 is 0. The van der Waals surface area contributed by atoms with E-state index in [1.54, 1.807) is 24.3 Å². The van der Waals surface area contributed by atoms with Crippen LogP contribution in [-0.2, 0) is 0 Å². The zero-order valence-electron chi connectivity index (χ0n) is 11.4. The smallest absolute Gasteiger partial charge is 0.165 e. The molecule has 0 saturated heterocycles. The summed E-state index contributed by atoms with van der Waals surface area (Å²) in [4.78, 5) is 12.0. The van der Waals surface area contributed by atoms with Gasteiger partial charge in [0.25, 0.3) is 0 Å². The molecule has 104 valence electrons. The molecule has 1 fully saturated rings. The molecule has 0 aromatic heterocycles. The van der Waals surface area contributed by atoms with Crippen molar-refractivity contribution in [3.8, 4) is 6.07 Å². The van der Waals surface area contributed by atoms with Gasteiger partial charge in [-0.05, 0) is 36.1 Å². The highest BCUT2D eigenvalue weighted by molar-refractivity contribution is 5.99. The number of ketones is 1. The molecular formula is C18H14FNO. The van der Waals surface area contributed by atoms with E-state index in [0.29, 0.717) is 5.56 Å². The summed E-state index contributed by atoms with van der Waals surface area (Å²) in [7, 11) is 0. The summed E-state index contributed by atoms with van der Waals surface area (Å²) in [6.07, 6.45) is 1.97. The average molecular weight is 279 g/mol. The Morgan fingerprint density at radius 1 is 1.05 bits per heavy atom. The summed E-state index contributed by atoms with van der Waals surface area (Å²) in [5, 5.41) is 9.37. The van der Waals surface area contributed by atoms with Crippen LogP contribution in [-0.4, -0.2) is 5.78 Å². The molecular weight excluding hydrogens is 265 g/mol. The number of carbonyl (C=O) groups is 1. The zero-order valence-corrected chi connectivity index (χ0v) is 11.4. The van der Waals surface area contributed by atoms with Crippen molar-refractivity contribution in [1.29, 1.82) is 5.26 Å². The van der Waals surface area contributed by atoms with Gasteiger partial charge in [0.15, 0.2) is 5.78 Å². The van der Waals surface area contributed by atoms with E-state index in [-0.39, 0.29) is 17.5 Å². The molecule has 0 spiro atoms. The fourth-order valence-electron chi connectivity index (χ4n) is 2.42.